The van der Waals surface area contributed by atoms with Gasteiger partial charge in [0.2, 0.25) is 0 Å². The molecule has 1 aliphatic carbocycles. The molecule has 1 aromatic carbocycles. The molecule has 4 rings (SSSR count). The molecule has 0 bridgehead atoms. The van der Waals surface area contributed by atoms with E-state index in [1.807, 2.05) is 38.1 Å². The Morgan fingerprint density at radius 2 is 1.97 bits per heavy atom. The fourth-order valence-electron chi connectivity index (χ4n) is 4.22. The number of nitrogens with zero attached hydrogens (tertiary/aromatic N) is 3. The number of benzene rings is 1. The summed E-state index contributed by atoms with van der Waals surface area (Å²) in [5.74, 6) is 0.440. The minimum Gasteiger partial charge on any atom is -0.494 e. The molecule has 1 N–H and O–H groups in total. The van der Waals surface area contributed by atoms with Crippen molar-refractivity contribution in [3.63, 3.8) is 0 Å². The third-order valence-corrected chi connectivity index (χ3v) is 5.92. The second-order valence-corrected chi connectivity index (χ2v) is 7.92. The van der Waals surface area contributed by atoms with E-state index in [2.05, 4.69) is 15.0 Å². The Hall–Kier alpha value is -3.22. The van der Waals surface area contributed by atoms with Gasteiger partial charge >= 0.3 is 0 Å². The lowest BCUT2D eigenvalue weighted by atomic mass is 9.87. The number of nitrogens with one attached hydrogen (secondary N) is 1. The molecule has 0 aliphatic heterocycles. The Bertz CT molecular complexity index is 1100. The molecule has 2 heterocycles. The van der Waals surface area contributed by atoms with Gasteiger partial charge in [-0.25, -0.2) is 4.98 Å². The van der Waals surface area contributed by atoms with Crippen LogP contribution in [0.2, 0.25) is 0 Å². The van der Waals surface area contributed by atoms with Gasteiger partial charge in [-0.15, -0.1) is 0 Å². The highest BCUT2D eigenvalue weighted by Gasteiger charge is 2.25. The first kappa shape index (κ1) is 20.1. The number of carbonyl (C=O) groups excluding carboxylic acids is 2. The van der Waals surface area contributed by atoms with E-state index in [0.717, 1.165) is 54.3 Å². The van der Waals surface area contributed by atoms with Gasteiger partial charge in [-0.1, -0.05) is 6.07 Å². The van der Waals surface area contributed by atoms with E-state index >= 15 is 0 Å². The van der Waals surface area contributed by atoms with Gasteiger partial charge in [0.25, 0.3) is 5.91 Å². The summed E-state index contributed by atoms with van der Waals surface area (Å²) >= 11 is 0. The van der Waals surface area contributed by atoms with Crippen LogP contribution in [0.15, 0.2) is 30.3 Å². The molecule has 1 fully saturated rings. The molecule has 0 spiro atoms. The van der Waals surface area contributed by atoms with Gasteiger partial charge in [0.1, 0.15) is 17.7 Å². The number of fused-ring (bicyclic) bond motifs is 1. The summed E-state index contributed by atoms with van der Waals surface area (Å²) in [6.45, 7) is 3.89. The van der Waals surface area contributed by atoms with Crippen molar-refractivity contribution < 1.29 is 14.3 Å². The Balaban J connectivity index is 1.65. The Morgan fingerprint density at radius 3 is 2.63 bits per heavy atom. The molecule has 0 saturated heterocycles. The van der Waals surface area contributed by atoms with Crippen LogP contribution >= 0.6 is 0 Å². The predicted molar refractivity (Wildman–Crippen MR) is 115 cm³/mol. The van der Waals surface area contributed by atoms with Gasteiger partial charge in [0.05, 0.1) is 24.4 Å². The van der Waals surface area contributed by atoms with Gasteiger partial charge in [-0.3, -0.25) is 9.48 Å². The minimum atomic E-state index is -0.284. The molecular formula is C23H26N4O3. The van der Waals surface area contributed by atoms with Crippen LogP contribution in [0.3, 0.4) is 0 Å². The molecule has 1 amide bonds. The number of hydrogen-bond donors (Lipinski definition) is 1. The molecule has 0 atom stereocenters. The highest BCUT2D eigenvalue weighted by atomic mass is 16.5. The molecule has 0 radical (unpaired) electrons. The van der Waals surface area contributed by atoms with Crippen molar-refractivity contribution in [2.45, 2.75) is 45.6 Å². The quantitative estimate of drug-likeness (QED) is 0.641. The summed E-state index contributed by atoms with van der Waals surface area (Å²) in [4.78, 5) is 28.0. The van der Waals surface area contributed by atoms with Crippen LogP contribution in [0.1, 0.15) is 53.6 Å². The monoisotopic (exact) mass is 406 g/mol. The minimum absolute atomic E-state index is 0.170. The number of aromatic nitrogens is 3. The number of methoxy groups -OCH3 is 1. The van der Waals surface area contributed by atoms with Crippen molar-refractivity contribution in [2.24, 2.45) is 5.92 Å². The van der Waals surface area contributed by atoms with Crippen LogP contribution in [-0.4, -0.2) is 34.1 Å². The number of aldehydes is 1. The van der Waals surface area contributed by atoms with E-state index in [1.165, 1.54) is 0 Å². The van der Waals surface area contributed by atoms with Gasteiger partial charge in [0, 0.05) is 28.8 Å². The number of carbonyl (C=O) groups is 2. The average molecular weight is 406 g/mol. The fraction of sp³-hybridized carbons (Fsp3) is 0.391. The van der Waals surface area contributed by atoms with E-state index in [1.54, 1.807) is 13.2 Å². The zero-order valence-corrected chi connectivity index (χ0v) is 17.5. The molecule has 1 aliphatic rings. The lowest BCUT2D eigenvalue weighted by molar-refractivity contribution is -0.112. The lowest BCUT2D eigenvalue weighted by Gasteiger charge is -2.26. The fourth-order valence-corrected chi connectivity index (χ4v) is 4.22. The van der Waals surface area contributed by atoms with Gasteiger partial charge < -0.3 is 14.8 Å². The predicted octanol–water partition coefficient (Wildman–Crippen LogP) is 4.24. The second kappa shape index (κ2) is 8.26. The largest absolute Gasteiger partial charge is 0.494 e. The summed E-state index contributed by atoms with van der Waals surface area (Å²) in [5.41, 5.74) is 3.61. The number of rotatable bonds is 5. The van der Waals surface area contributed by atoms with E-state index in [9.17, 15) is 9.59 Å². The number of amides is 1. The van der Waals surface area contributed by atoms with Crippen LogP contribution in [-0.2, 0) is 4.79 Å². The lowest BCUT2D eigenvalue weighted by Crippen LogP contribution is -2.20. The Kier molecular flexibility index (Phi) is 5.53. The van der Waals surface area contributed by atoms with Crippen LogP contribution < -0.4 is 10.1 Å². The molecule has 156 valence electrons. The molecular weight excluding hydrogens is 380 g/mol. The molecule has 30 heavy (non-hydrogen) atoms. The highest BCUT2D eigenvalue weighted by molar-refractivity contribution is 6.05. The first-order valence-corrected chi connectivity index (χ1v) is 10.3. The average Bonchev–Trinajstić information content (AvgIpc) is 3.08. The van der Waals surface area contributed by atoms with Crippen molar-refractivity contribution in [3.8, 4) is 5.75 Å². The number of hydrogen-bond acceptors (Lipinski definition) is 5. The number of aryl methyl sites for hydroxylation is 2. The maximum Gasteiger partial charge on any atom is 0.274 e. The van der Waals surface area contributed by atoms with Gasteiger partial charge in [-0.05, 0) is 57.7 Å². The van der Waals surface area contributed by atoms with Crippen molar-refractivity contribution in [1.82, 2.24) is 14.8 Å². The van der Waals surface area contributed by atoms with E-state index in [4.69, 9.17) is 9.84 Å². The van der Waals surface area contributed by atoms with Crippen LogP contribution in [0, 0.1) is 19.8 Å². The molecule has 1 saturated carbocycles. The highest BCUT2D eigenvalue weighted by Crippen LogP contribution is 2.36. The number of pyridine rings is 1. The molecule has 7 nitrogen and oxygen atoms in total. The van der Waals surface area contributed by atoms with E-state index in [0.29, 0.717) is 17.1 Å². The van der Waals surface area contributed by atoms with Crippen molar-refractivity contribution in [1.29, 1.82) is 0 Å². The molecule has 0 unspecified atom stereocenters. The van der Waals surface area contributed by atoms with Crippen molar-refractivity contribution >= 4 is 28.8 Å². The smallest absolute Gasteiger partial charge is 0.274 e. The summed E-state index contributed by atoms with van der Waals surface area (Å²) < 4.78 is 7.58. The van der Waals surface area contributed by atoms with Crippen LogP contribution in [0.5, 0.6) is 5.75 Å². The topological polar surface area (TPSA) is 86.1 Å². The summed E-state index contributed by atoms with van der Waals surface area (Å²) in [7, 11) is 1.58. The number of anilines is 1. The second-order valence-electron chi connectivity index (χ2n) is 7.92. The van der Waals surface area contributed by atoms with Crippen LogP contribution in [0.4, 0.5) is 5.69 Å². The normalized spacial score (nSPS) is 18.9. The first-order chi connectivity index (χ1) is 14.5. The zero-order valence-electron chi connectivity index (χ0n) is 17.5. The Labute approximate surface area is 175 Å². The standard InChI is InChI=1S/C23H26N4O3/c1-14-5-4-6-19(24-14)23(29)25-21-11-18-15(2)27(26-20(18)12-22(21)30-3)17-9-7-16(13-28)8-10-17/h4-6,11-13,16-17H,7-10H2,1-3H3,(H,25,29)/t16-,17-. The first-order valence-electron chi connectivity index (χ1n) is 10.3. The maximum absolute atomic E-state index is 12.7. The van der Waals surface area contributed by atoms with Gasteiger partial charge in [-0.2, -0.15) is 5.10 Å². The Morgan fingerprint density at radius 1 is 1.20 bits per heavy atom. The van der Waals surface area contributed by atoms with E-state index in [-0.39, 0.29) is 17.9 Å². The third-order valence-electron chi connectivity index (χ3n) is 5.92. The third kappa shape index (κ3) is 3.79. The SMILES string of the molecule is COc1cc2nn([C@H]3CC[C@H](C=O)CC3)c(C)c2cc1NC(=O)c1cccc(C)n1. The van der Waals surface area contributed by atoms with E-state index < -0.39 is 0 Å². The molecule has 2 aromatic heterocycles. The summed E-state index contributed by atoms with van der Waals surface area (Å²) in [6, 6.07) is 9.41. The van der Waals surface area contributed by atoms with Crippen molar-refractivity contribution in [2.75, 3.05) is 12.4 Å². The zero-order chi connectivity index (χ0) is 21.3. The number of ether oxygens (including phenoxy) is 1. The molecule has 7 heteroatoms. The maximum atomic E-state index is 12.7. The molecule has 3 aromatic rings. The van der Waals surface area contributed by atoms with Crippen molar-refractivity contribution in [3.05, 3.63) is 47.4 Å². The summed E-state index contributed by atoms with van der Waals surface area (Å²) in [6.07, 6.45) is 4.76. The summed E-state index contributed by atoms with van der Waals surface area (Å²) in [5, 5.41) is 8.71. The van der Waals surface area contributed by atoms with Gasteiger partial charge in [0.15, 0.2) is 0 Å². The van der Waals surface area contributed by atoms with Crippen LogP contribution in [0.25, 0.3) is 10.9 Å².